The molecule has 1 aliphatic rings. The van der Waals surface area contributed by atoms with E-state index in [1.807, 2.05) is 6.07 Å². The smallest absolute Gasteiger partial charge is 0.341 e. The summed E-state index contributed by atoms with van der Waals surface area (Å²) in [6.07, 6.45) is 2.80. The van der Waals surface area contributed by atoms with Crippen LogP contribution in [0.15, 0.2) is 24.5 Å². The molecule has 3 rings (SSSR count). The molecular formula is C15H18N6O3. The molecule has 1 unspecified atom stereocenters. The molecule has 24 heavy (non-hydrogen) atoms. The number of nitrogens with zero attached hydrogens (tertiary/aromatic N) is 3. The molecule has 1 atom stereocenters. The van der Waals surface area contributed by atoms with Crippen LogP contribution >= 0.6 is 0 Å². The summed E-state index contributed by atoms with van der Waals surface area (Å²) in [5, 5.41) is 18.2. The SMILES string of the molecule is CNc1nc(Nc2cccnc2C2CNCCO2)ncc1C(=O)O. The maximum atomic E-state index is 11.1. The van der Waals surface area contributed by atoms with E-state index in [9.17, 15) is 4.79 Å². The maximum Gasteiger partial charge on any atom is 0.341 e. The number of nitrogens with one attached hydrogen (secondary N) is 3. The van der Waals surface area contributed by atoms with Gasteiger partial charge in [0, 0.05) is 32.5 Å². The van der Waals surface area contributed by atoms with Crippen molar-refractivity contribution >= 4 is 23.4 Å². The molecule has 3 heterocycles. The zero-order chi connectivity index (χ0) is 16.9. The lowest BCUT2D eigenvalue weighted by Crippen LogP contribution is -2.34. The monoisotopic (exact) mass is 330 g/mol. The number of rotatable bonds is 5. The van der Waals surface area contributed by atoms with Gasteiger partial charge < -0.3 is 25.8 Å². The first-order valence-corrected chi connectivity index (χ1v) is 7.51. The number of aromatic carboxylic acids is 1. The first-order chi connectivity index (χ1) is 11.7. The van der Waals surface area contributed by atoms with Crippen LogP contribution in [0.4, 0.5) is 17.5 Å². The molecule has 9 nitrogen and oxygen atoms in total. The number of ether oxygens (including phenoxy) is 1. The van der Waals surface area contributed by atoms with Crippen LogP contribution < -0.4 is 16.0 Å². The average molecular weight is 330 g/mol. The number of aromatic nitrogens is 3. The Kier molecular flexibility index (Phi) is 4.82. The molecule has 0 saturated carbocycles. The second kappa shape index (κ2) is 7.20. The molecule has 9 heteroatoms. The minimum atomic E-state index is -1.09. The molecule has 1 saturated heterocycles. The zero-order valence-electron chi connectivity index (χ0n) is 13.1. The predicted molar refractivity (Wildman–Crippen MR) is 87.6 cm³/mol. The topological polar surface area (TPSA) is 121 Å². The number of carboxylic acid groups (broad SMARTS) is 1. The maximum absolute atomic E-state index is 11.1. The van der Waals surface area contributed by atoms with Gasteiger partial charge in [-0.05, 0) is 12.1 Å². The number of anilines is 3. The first kappa shape index (κ1) is 16.1. The lowest BCUT2D eigenvalue weighted by Gasteiger charge is -2.24. The van der Waals surface area contributed by atoms with Gasteiger partial charge in [-0.1, -0.05) is 0 Å². The van der Waals surface area contributed by atoms with Gasteiger partial charge in [0.05, 0.1) is 18.0 Å². The van der Waals surface area contributed by atoms with Gasteiger partial charge in [-0.25, -0.2) is 9.78 Å². The van der Waals surface area contributed by atoms with Gasteiger partial charge in [-0.15, -0.1) is 0 Å². The molecule has 1 fully saturated rings. The second-order valence-corrected chi connectivity index (χ2v) is 5.14. The highest BCUT2D eigenvalue weighted by Crippen LogP contribution is 2.26. The lowest BCUT2D eigenvalue weighted by molar-refractivity contribution is 0.0255. The third-order valence-corrected chi connectivity index (χ3v) is 3.57. The standard InChI is InChI=1S/C15H18N6O3/c1-16-13-9(14(22)23)7-19-15(21-13)20-10-3-2-4-18-12(10)11-8-17-5-6-24-11/h2-4,7,11,17H,5-6,8H2,1H3,(H,22,23)(H2,16,19,20,21). The molecule has 1 aliphatic heterocycles. The van der Waals surface area contributed by atoms with E-state index in [1.54, 1.807) is 19.3 Å². The largest absolute Gasteiger partial charge is 0.477 e. The van der Waals surface area contributed by atoms with Crippen molar-refractivity contribution in [1.82, 2.24) is 20.3 Å². The van der Waals surface area contributed by atoms with Gasteiger partial charge in [0.1, 0.15) is 17.5 Å². The summed E-state index contributed by atoms with van der Waals surface area (Å²) in [6, 6.07) is 3.65. The van der Waals surface area contributed by atoms with E-state index < -0.39 is 5.97 Å². The average Bonchev–Trinajstić information content (AvgIpc) is 2.62. The summed E-state index contributed by atoms with van der Waals surface area (Å²) in [5.41, 5.74) is 1.48. The highest BCUT2D eigenvalue weighted by Gasteiger charge is 2.21. The molecule has 0 bridgehead atoms. The Labute approximate surface area is 138 Å². The Morgan fingerprint density at radius 1 is 1.46 bits per heavy atom. The zero-order valence-corrected chi connectivity index (χ0v) is 13.1. The third-order valence-electron chi connectivity index (χ3n) is 3.57. The van der Waals surface area contributed by atoms with Crippen LogP contribution in [0.2, 0.25) is 0 Å². The van der Waals surface area contributed by atoms with Crippen LogP contribution in [0.5, 0.6) is 0 Å². The van der Waals surface area contributed by atoms with E-state index in [0.29, 0.717) is 13.2 Å². The molecule has 4 N–H and O–H groups in total. The fraction of sp³-hybridized carbons (Fsp3) is 0.333. The van der Waals surface area contributed by atoms with E-state index in [1.165, 1.54) is 6.20 Å². The molecule has 0 radical (unpaired) electrons. The van der Waals surface area contributed by atoms with Gasteiger partial charge in [0.2, 0.25) is 5.95 Å². The highest BCUT2D eigenvalue weighted by atomic mass is 16.5. The van der Waals surface area contributed by atoms with Crippen molar-refractivity contribution in [3.05, 3.63) is 35.8 Å². The van der Waals surface area contributed by atoms with Crippen molar-refractivity contribution in [3.63, 3.8) is 0 Å². The van der Waals surface area contributed by atoms with Crippen molar-refractivity contribution in [1.29, 1.82) is 0 Å². The van der Waals surface area contributed by atoms with Crippen molar-refractivity contribution in [2.75, 3.05) is 37.4 Å². The molecule has 0 spiro atoms. The Morgan fingerprint density at radius 3 is 3.04 bits per heavy atom. The van der Waals surface area contributed by atoms with E-state index in [2.05, 4.69) is 30.9 Å². The van der Waals surface area contributed by atoms with Crippen LogP contribution in [0.3, 0.4) is 0 Å². The quantitative estimate of drug-likeness (QED) is 0.636. The Bertz CT molecular complexity index is 733. The van der Waals surface area contributed by atoms with Crippen LogP contribution in [-0.4, -0.2) is 52.8 Å². The number of morpholine rings is 1. The summed E-state index contributed by atoms with van der Waals surface area (Å²) in [6.45, 7) is 2.11. The molecule has 2 aromatic heterocycles. The number of hydrogen-bond donors (Lipinski definition) is 4. The fourth-order valence-corrected chi connectivity index (χ4v) is 2.43. The van der Waals surface area contributed by atoms with Gasteiger partial charge in [0.25, 0.3) is 0 Å². The number of carboxylic acids is 1. The van der Waals surface area contributed by atoms with E-state index in [4.69, 9.17) is 9.84 Å². The molecular weight excluding hydrogens is 312 g/mol. The summed E-state index contributed by atoms with van der Waals surface area (Å²) in [7, 11) is 1.61. The van der Waals surface area contributed by atoms with E-state index in [0.717, 1.165) is 17.9 Å². The summed E-state index contributed by atoms with van der Waals surface area (Å²) in [4.78, 5) is 23.8. The van der Waals surface area contributed by atoms with Crippen LogP contribution in [0, 0.1) is 0 Å². The van der Waals surface area contributed by atoms with Crippen LogP contribution in [0.25, 0.3) is 0 Å². The van der Waals surface area contributed by atoms with Crippen LogP contribution in [-0.2, 0) is 4.74 Å². The Hall–Kier alpha value is -2.78. The van der Waals surface area contributed by atoms with Gasteiger partial charge in [0.15, 0.2) is 0 Å². The molecule has 126 valence electrons. The first-order valence-electron chi connectivity index (χ1n) is 7.51. The van der Waals surface area contributed by atoms with Gasteiger partial charge in [-0.3, -0.25) is 4.98 Å². The molecule has 0 aliphatic carbocycles. The normalized spacial score (nSPS) is 17.3. The molecule has 2 aromatic rings. The summed E-state index contributed by atoms with van der Waals surface area (Å²) >= 11 is 0. The summed E-state index contributed by atoms with van der Waals surface area (Å²) in [5.74, 6) is -0.571. The van der Waals surface area contributed by atoms with Crippen molar-refractivity contribution in [3.8, 4) is 0 Å². The Balaban J connectivity index is 1.87. The van der Waals surface area contributed by atoms with Gasteiger partial charge >= 0.3 is 5.97 Å². The minimum absolute atomic E-state index is 0.00859. The van der Waals surface area contributed by atoms with E-state index >= 15 is 0 Å². The fourth-order valence-electron chi connectivity index (χ4n) is 2.43. The van der Waals surface area contributed by atoms with Crippen molar-refractivity contribution < 1.29 is 14.6 Å². The number of pyridine rings is 1. The number of carbonyl (C=O) groups is 1. The number of hydrogen-bond acceptors (Lipinski definition) is 8. The van der Waals surface area contributed by atoms with E-state index in [-0.39, 0.29) is 23.4 Å². The highest BCUT2D eigenvalue weighted by molar-refractivity contribution is 5.92. The van der Waals surface area contributed by atoms with Gasteiger partial charge in [-0.2, -0.15) is 4.98 Å². The van der Waals surface area contributed by atoms with Crippen LogP contribution in [0.1, 0.15) is 22.2 Å². The summed E-state index contributed by atoms with van der Waals surface area (Å²) < 4.78 is 5.74. The Morgan fingerprint density at radius 2 is 2.33 bits per heavy atom. The molecule has 0 amide bonds. The second-order valence-electron chi connectivity index (χ2n) is 5.14. The minimum Gasteiger partial charge on any atom is -0.477 e. The lowest BCUT2D eigenvalue weighted by atomic mass is 10.1. The predicted octanol–water partition coefficient (Wildman–Crippen LogP) is 1.02. The third kappa shape index (κ3) is 3.42. The molecule has 0 aromatic carbocycles. The van der Waals surface area contributed by atoms with Crippen molar-refractivity contribution in [2.24, 2.45) is 0 Å². The van der Waals surface area contributed by atoms with Crippen molar-refractivity contribution in [2.45, 2.75) is 6.10 Å².